The van der Waals surface area contributed by atoms with Crippen LogP contribution in [0.4, 0.5) is 5.95 Å². The van der Waals surface area contributed by atoms with E-state index in [1.54, 1.807) is 23.2 Å². The molecule has 0 radical (unpaired) electrons. The predicted octanol–water partition coefficient (Wildman–Crippen LogP) is 2.19. The first kappa shape index (κ1) is 16.1. The molecule has 4 heterocycles. The lowest BCUT2D eigenvalue weighted by atomic mass is 10.2. The molecule has 0 spiro atoms. The molecule has 4 rings (SSSR count). The van der Waals surface area contributed by atoms with Gasteiger partial charge in [-0.1, -0.05) is 0 Å². The Hall–Kier alpha value is -2.41. The van der Waals surface area contributed by atoms with E-state index < -0.39 is 0 Å². The molecule has 2 saturated heterocycles. The molecule has 1 atom stereocenters. The number of rotatable bonds is 3. The van der Waals surface area contributed by atoms with E-state index in [1.165, 1.54) is 12.8 Å². The summed E-state index contributed by atoms with van der Waals surface area (Å²) < 4.78 is 11.3. The van der Waals surface area contributed by atoms with Crippen molar-refractivity contribution in [3.05, 3.63) is 41.6 Å². The van der Waals surface area contributed by atoms with E-state index in [0.29, 0.717) is 25.5 Å². The van der Waals surface area contributed by atoms with Crippen molar-refractivity contribution in [2.75, 3.05) is 37.7 Å². The Morgan fingerprint density at radius 2 is 2.04 bits per heavy atom. The maximum Gasteiger partial charge on any atom is 0.289 e. The molecular formula is C18H22N4O3. The number of carbonyl (C=O) groups excluding carboxylic acids is 1. The van der Waals surface area contributed by atoms with Gasteiger partial charge in [-0.15, -0.1) is 0 Å². The first-order chi connectivity index (χ1) is 12.2. The van der Waals surface area contributed by atoms with Crippen LogP contribution in [-0.4, -0.2) is 53.6 Å². The molecule has 2 aliphatic heterocycles. The maximum absolute atomic E-state index is 12.6. The third-order valence-electron chi connectivity index (χ3n) is 4.69. The number of furan rings is 1. The number of nitrogens with zero attached hydrogens (tertiary/aromatic N) is 4. The van der Waals surface area contributed by atoms with Crippen LogP contribution in [0.2, 0.25) is 0 Å². The summed E-state index contributed by atoms with van der Waals surface area (Å²) in [5, 5.41) is 0. The van der Waals surface area contributed by atoms with Crippen LogP contribution in [0.3, 0.4) is 0 Å². The van der Waals surface area contributed by atoms with Crippen molar-refractivity contribution in [3.8, 4) is 0 Å². The number of hydrogen-bond donors (Lipinski definition) is 0. The second-order valence-electron chi connectivity index (χ2n) is 6.50. The van der Waals surface area contributed by atoms with Crippen LogP contribution >= 0.6 is 0 Å². The molecule has 132 valence electrons. The minimum absolute atomic E-state index is 0.102. The van der Waals surface area contributed by atoms with E-state index in [9.17, 15) is 4.79 Å². The average Bonchev–Trinajstić information content (AvgIpc) is 3.33. The Morgan fingerprint density at radius 3 is 2.80 bits per heavy atom. The zero-order valence-electron chi connectivity index (χ0n) is 14.4. The van der Waals surface area contributed by atoms with E-state index in [2.05, 4.69) is 14.9 Å². The number of aromatic nitrogens is 2. The highest BCUT2D eigenvalue weighted by molar-refractivity contribution is 5.91. The van der Waals surface area contributed by atoms with Crippen molar-refractivity contribution in [1.82, 2.24) is 14.9 Å². The first-order valence-electron chi connectivity index (χ1n) is 8.76. The standard InChI is InChI=1S/C18H22N4O3/c1-13-4-5-15(25-13)17(23)22-10-11-24-16(12-22)14-6-7-19-18(20-14)21-8-2-3-9-21/h4-7,16H,2-3,8-12H2,1H3/t16-/m0/s1. The zero-order valence-corrected chi connectivity index (χ0v) is 14.4. The monoisotopic (exact) mass is 342 g/mol. The molecule has 0 bridgehead atoms. The average molecular weight is 342 g/mol. The fraction of sp³-hybridized carbons (Fsp3) is 0.500. The number of anilines is 1. The van der Waals surface area contributed by atoms with Crippen LogP contribution in [0.1, 0.15) is 41.0 Å². The molecule has 25 heavy (non-hydrogen) atoms. The van der Waals surface area contributed by atoms with Crippen molar-refractivity contribution >= 4 is 11.9 Å². The molecule has 2 fully saturated rings. The molecule has 0 aromatic carbocycles. The van der Waals surface area contributed by atoms with Crippen molar-refractivity contribution in [2.45, 2.75) is 25.9 Å². The Labute approximate surface area is 146 Å². The highest BCUT2D eigenvalue weighted by Gasteiger charge is 2.29. The third-order valence-corrected chi connectivity index (χ3v) is 4.69. The zero-order chi connectivity index (χ0) is 17.2. The largest absolute Gasteiger partial charge is 0.456 e. The van der Waals surface area contributed by atoms with Crippen LogP contribution in [-0.2, 0) is 4.74 Å². The van der Waals surface area contributed by atoms with Crippen LogP contribution in [0.15, 0.2) is 28.8 Å². The number of amides is 1. The molecule has 2 aromatic heterocycles. The Balaban J connectivity index is 1.49. The molecule has 7 nitrogen and oxygen atoms in total. The van der Waals surface area contributed by atoms with E-state index in [0.717, 1.165) is 30.5 Å². The van der Waals surface area contributed by atoms with Gasteiger partial charge in [-0.05, 0) is 38.0 Å². The molecule has 0 unspecified atom stereocenters. The van der Waals surface area contributed by atoms with Crippen LogP contribution < -0.4 is 4.90 Å². The van der Waals surface area contributed by atoms with Crippen LogP contribution in [0.5, 0.6) is 0 Å². The molecule has 1 amide bonds. The summed E-state index contributed by atoms with van der Waals surface area (Å²) in [7, 11) is 0. The minimum atomic E-state index is -0.238. The van der Waals surface area contributed by atoms with Gasteiger partial charge in [0.1, 0.15) is 11.9 Å². The quantitative estimate of drug-likeness (QED) is 0.851. The van der Waals surface area contributed by atoms with Gasteiger partial charge in [-0.3, -0.25) is 4.79 Å². The molecule has 0 aliphatic carbocycles. The number of morpholine rings is 1. The SMILES string of the molecule is Cc1ccc(C(=O)N2CCO[C@H](c3ccnc(N4CCCC4)n3)C2)o1. The summed E-state index contributed by atoms with van der Waals surface area (Å²) >= 11 is 0. The fourth-order valence-corrected chi connectivity index (χ4v) is 3.33. The lowest BCUT2D eigenvalue weighted by molar-refractivity contribution is -0.0256. The lowest BCUT2D eigenvalue weighted by Gasteiger charge is -2.32. The van der Waals surface area contributed by atoms with Gasteiger partial charge >= 0.3 is 0 Å². The summed E-state index contributed by atoms with van der Waals surface area (Å²) in [6.07, 6.45) is 3.89. The Kier molecular flexibility index (Phi) is 4.40. The molecular weight excluding hydrogens is 320 g/mol. The molecule has 0 N–H and O–H groups in total. The smallest absolute Gasteiger partial charge is 0.289 e. The molecule has 2 aromatic rings. The fourth-order valence-electron chi connectivity index (χ4n) is 3.33. The van der Waals surface area contributed by atoms with Crippen LogP contribution in [0.25, 0.3) is 0 Å². The number of aryl methyl sites for hydroxylation is 1. The van der Waals surface area contributed by atoms with Gasteiger partial charge in [0.05, 0.1) is 18.8 Å². The van der Waals surface area contributed by atoms with E-state index in [-0.39, 0.29) is 12.0 Å². The van der Waals surface area contributed by atoms with E-state index in [1.807, 2.05) is 13.0 Å². The summed E-state index contributed by atoms with van der Waals surface area (Å²) in [5.41, 5.74) is 0.824. The van der Waals surface area contributed by atoms with Gasteiger partial charge in [0.15, 0.2) is 5.76 Å². The molecule has 0 saturated carbocycles. The van der Waals surface area contributed by atoms with Gasteiger partial charge in [-0.25, -0.2) is 9.97 Å². The van der Waals surface area contributed by atoms with Crippen molar-refractivity contribution in [1.29, 1.82) is 0 Å². The van der Waals surface area contributed by atoms with Gasteiger partial charge in [0.25, 0.3) is 5.91 Å². The molecule has 2 aliphatic rings. The first-order valence-corrected chi connectivity index (χ1v) is 8.76. The maximum atomic E-state index is 12.6. The number of ether oxygens (including phenoxy) is 1. The third kappa shape index (κ3) is 3.37. The normalized spacial score (nSPS) is 20.9. The number of hydrogen-bond acceptors (Lipinski definition) is 6. The highest BCUT2D eigenvalue weighted by atomic mass is 16.5. The van der Waals surface area contributed by atoms with Gasteiger partial charge < -0.3 is 19.0 Å². The lowest BCUT2D eigenvalue weighted by Crippen LogP contribution is -2.42. The Bertz CT molecular complexity index is 754. The topological polar surface area (TPSA) is 71.7 Å². The van der Waals surface area contributed by atoms with Crippen molar-refractivity contribution in [3.63, 3.8) is 0 Å². The summed E-state index contributed by atoms with van der Waals surface area (Å²) in [5.74, 6) is 1.76. The summed E-state index contributed by atoms with van der Waals surface area (Å²) in [6.45, 7) is 5.34. The summed E-state index contributed by atoms with van der Waals surface area (Å²) in [4.78, 5) is 25.6. The van der Waals surface area contributed by atoms with E-state index >= 15 is 0 Å². The number of carbonyl (C=O) groups is 1. The molecule has 7 heteroatoms. The predicted molar refractivity (Wildman–Crippen MR) is 91.5 cm³/mol. The van der Waals surface area contributed by atoms with Gasteiger partial charge in [0.2, 0.25) is 5.95 Å². The summed E-state index contributed by atoms with van der Waals surface area (Å²) in [6, 6.07) is 5.39. The Morgan fingerprint density at radius 1 is 1.20 bits per heavy atom. The van der Waals surface area contributed by atoms with Crippen molar-refractivity contribution in [2.24, 2.45) is 0 Å². The van der Waals surface area contributed by atoms with Gasteiger partial charge in [-0.2, -0.15) is 0 Å². The minimum Gasteiger partial charge on any atom is -0.456 e. The highest BCUT2D eigenvalue weighted by Crippen LogP contribution is 2.24. The second-order valence-corrected chi connectivity index (χ2v) is 6.50. The van der Waals surface area contributed by atoms with E-state index in [4.69, 9.17) is 9.15 Å². The van der Waals surface area contributed by atoms with Gasteiger partial charge in [0, 0.05) is 25.8 Å². The van der Waals surface area contributed by atoms with Crippen LogP contribution in [0, 0.1) is 6.92 Å². The second kappa shape index (κ2) is 6.84. The van der Waals surface area contributed by atoms with Crippen molar-refractivity contribution < 1.29 is 13.9 Å².